The number of aryl methyl sites for hydroxylation is 1. The van der Waals surface area contributed by atoms with E-state index in [0.29, 0.717) is 18.8 Å². The van der Waals surface area contributed by atoms with E-state index in [0.717, 1.165) is 30.9 Å². The van der Waals surface area contributed by atoms with Gasteiger partial charge in [-0.25, -0.2) is 0 Å². The number of hydrogen-bond acceptors (Lipinski definition) is 2. The standard InChI is InChI=1S/C19H20NO2/c1-2-13-3-5-14(6-4-13)17-9-16(11-20-17)15-7-8-18-19(10-15)22-12-21-18/h3-8,10,16-17H,2,9,11-12H2,1H3/q-1. The smallest absolute Gasteiger partial charge is 0.231 e. The first-order valence-electron chi connectivity index (χ1n) is 7.98. The molecule has 2 aliphatic rings. The molecular formula is C19H20NO2-. The van der Waals surface area contributed by atoms with Gasteiger partial charge in [0.1, 0.15) is 0 Å². The lowest BCUT2D eigenvalue weighted by atomic mass is 9.93. The number of fused-ring (bicyclic) bond motifs is 1. The number of nitrogens with zero attached hydrogens (tertiary/aromatic N) is 1. The molecule has 3 heteroatoms. The van der Waals surface area contributed by atoms with Crippen LogP contribution in [0, 0.1) is 0 Å². The molecule has 1 fully saturated rings. The van der Waals surface area contributed by atoms with Crippen LogP contribution in [0.5, 0.6) is 11.5 Å². The Morgan fingerprint density at radius 2 is 1.77 bits per heavy atom. The van der Waals surface area contributed by atoms with Crippen molar-refractivity contribution in [2.75, 3.05) is 13.3 Å². The van der Waals surface area contributed by atoms with Crippen LogP contribution in [0.4, 0.5) is 0 Å². The van der Waals surface area contributed by atoms with Crippen molar-refractivity contribution in [3.63, 3.8) is 0 Å². The molecule has 114 valence electrons. The third-order valence-corrected chi connectivity index (χ3v) is 4.69. The highest BCUT2D eigenvalue weighted by Gasteiger charge is 2.21. The summed E-state index contributed by atoms with van der Waals surface area (Å²) < 4.78 is 10.9. The van der Waals surface area contributed by atoms with Gasteiger partial charge in [0.25, 0.3) is 0 Å². The van der Waals surface area contributed by atoms with Crippen molar-refractivity contribution in [1.82, 2.24) is 0 Å². The van der Waals surface area contributed by atoms with Gasteiger partial charge in [0.2, 0.25) is 6.79 Å². The van der Waals surface area contributed by atoms with Gasteiger partial charge in [0.05, 0.1) is 0 Å². The molecule has 2 heterocycles. The molecule has 0 radical (unpaired) electrons. The Bertz CT molecular complexity index is 666. The quantitative estimate of drug-likeness (QED) is 0.830. The molecule has 1 saturated heterocycles. The highest BCUT2D eigenvalue weighted by molar-refractivity contribution is 5.46. The van der Waals surface area contributed by atoms with Crippen LogP contribution >= 0.6 is 0 Å². The maximum Gasteiger partial charge on any atom is 0.231 e. The van der Waals surface area contributed by atoms with Gasteiger partial charge in [-0.15, -0.1) is 12.6 Å². The van der Waals surface area contributed by atoms with E-state index >= 15 is 0 Å². The third kappa shape index (κ3) is 2.46. The van der Waals surface area contributed by atoms with Crippen molar-refractivity contribution in [3.05, 3.63) is 64.5 Å². The van der Waals surface area contributed by atoms with Crippen LogP contribution in [-0.4, -0.2) is 13.3 Å². The Morgan fingerprint density at radius 3 is 2.59 bits per heavy atom. The van der Waals surface area contributed by atoms with Gasteiger partial charge >= 0.3 is 0 Å². The molecule has 0 N–H and O–H groups in total. The Hall–Kier alpha value is -2.00. The summed E-state index contributed by atoms with van der Waals surface area (Å²) in [5.74, 6) is 2.20. The maximum atomic E-state index is 5.48. The fraction of sp³-hybridized carbons (Fsp3) is 0.368. The van der Waals surface area contributed by atoms with Crippen molar-refractivity contribution in [1.29, 1.82) is 0 Å². The van der Waals surface area contributed by atoms with Crippen LogP contribution < -0.4 is 9.47 Å². The predicted molar refractivity (Wildman–Crippen MR) is 86.7 cm³/mol. The SMILES string of the molecule is CCc1ccc(C2CC(c3ccc4c(c3)OCO4)C[N-]2)cc1. The van der Waals surface area contributed by atoms with E-state index in [1.165, 1.54) is 16.7 Å². The summed E-state index contributed by atoms with van der Waals surface area (Å²) in [5, 5.41) is 4.84. The van der Waals surface area contributed by atoms with Gasteiger partial charge in [-0.05, 0) is 35.6 Å². The molecule has 0 aliphatic carbocycles. The Labute approximate surface area is 131 Å². The Balaban J connectivity index is 1.49. The van der Waals surface area contributed by atoms with Gasteiger partial charge in [-0.2, -0.15) is 0 Å². The summed E-state index contributed by atoms with van der Waals surface area (Å²) in [4.78, 5) is 0. The minimum atomic E-state index is 0.321. The largest absolute Gasteiger partial charge is 0.655 e. The summed E-state index contributed by atoms with van der Waals surface area (Å²) in [6, 6.07) is 15.5. The molecule has 2 aromatic rings. The topological polar surface area (TPSA) is 32.6 Å². The molecule has 2 aromatic carbocycles. The number of rotatable bonds is 3. The second kappa shape index (κ2) is 5.65. The van der Waals surface area contributed by atoms with Crippen molar-refractivity contribution in [2.24, 2.45) is 0 Å². The molecule has 3 nitrogen and oxygen atoms in total. The van der Waals surface area contributed by atoms with Gasteiger partial charge in [-0.1, -0.05) is 49.2 Å². The molecule has 0 bridgehead atoms. The van der Waals surface area contributed by atoms with Crippen molar-refractivity contribution < 1.29 is 9.47 Å². The lowest BCUT2D eigenvalue weighted by molar-refractivity contribution is 0.174. The fourth-order valence-electron chi connectivity index (χ4n) is 3.30. The average Bonchev–Trinajstić information content (AvgIpc) is 3.23. The number of benzene rings is 2. The fourth-order valence-corrected chi connectivity index (χ4v) is 3.30. The normalized spacial score (nSPS) is 23.0. The lowest BCUT2D eigenvalue weighted by Gasteiger charge is -2.22. The van der Waals surface area contributed by atoms with E-state index in [1.54, 1.807) is 0 Å². The van der Waals surface area contributed by atoms with Crippen LogP contribution in [0.15, 0.2) is 42.5 Å². The van der Waals surface area contributed by atoms with Crippen LogP contribution in [0.3, 0.4) is 0 Å². The number of ether oxygens (including phenoxy) is 2. The summed E-state index contributed by atoms with van der Waals surface area (Å²) in [7, 11) is 0. The predicted octanol–water partition coefficient (Wildman–Crippen LogP) is 4.58. The first-order valence-corrected chi connectivity index (χ1v) is 7.98. The molecule has 2 unspecified atom stereocenters. The van der Waals surface area contributed by atoms with Crippen molar-refractivity contribution in [2.45, 2.75) is 31.7 Å². The molecule has 2 aliphatic heterocycles. The summed E-state index contributed by atoms with van der Waals surface area (Å²) >= 11 is 0. The highest BCUT2D eigenvalue weighted by atomic mass is 16.7. The molecule has 0 amide bonds. The minimum Gasteiger partial charge on any atom is -0.655 e. The molecule has 22 heavy (non-hydrogen) atoms. The maximum absolute atomic E-state index is 5.48. The molecule has 0 saturated carbocycles. The first kappa shape index (κ1) is 13.6. The average molecular weight is 294 g/mol. The van der Waals surface area contributed by atoms with Gasteiger partial charge in [0, 0.05) is 0 Å². The van der Waals surface area contributed by atoms with Gasteiger partial charge in [-0.3, -0.25) is 0 Å². The summed E-state index contributed by atoms with van der Waals surface area (Å²) in [5.41, 5.74) is 4.02. The minimum absolute atomic E-state index is 0.321. The van der Waals surface area contributed by atoms with Crippen molar-refractivity contribution >= 4 is 0 Å². The number of hydrogen-bond donors (Lipinski definition) is 0. The summed E-state index contributed by atoms with van der Waals surface area (Å²) in [6.07, 6.45) is 2.16. The molecule has 0 aromatic heterocycles. The zero-order chi connectivity index (χ0) is 14.9. The van der Waals surface area contributed by atoms with E-state index in [9.17, 15) is 0 Å². The highest BCUT2D eigenvalue weighted by Crippen LogP contribution is 2.44. The van der Waals surface area contributed by atoms with E-state index in [1.807, 2.05) is 6.07 Å². The van der Waals surface area contributed by atoms with Crippen molar-refractivity contribution in [3.8, 4) is 11.5 Å². The lowest BCUT2D eigenvalue weighted by Crippen LogP contribution is -1.97. The van der Waals surface area contributed by atoms with Gasteiger partial charge in [0.15, 0.2) is 11.5 Å². The first-order chi connectivity index (χ1) is 10.8. The third-order valence-electron chi connectivity index (χ3n) is 4.69. The van der Waals surface area contributed by atoms with Crippen LogP contribution in [0.25, 0.3) is 5.32 Å². The summed E-state index contributed by atoms with van der Waals surface area (Å²) in [6.45, 7) is 3.41. The van der Waals surface area contributed by atoms with E-state index in [4.69, 9.17) is 14.8 Å². The van der Waals surface area contributed by atoms with Crippen LogP contribution in [-0.2, 0) is 6.42 Å². The van der Waals surface area contributed by atoms with E-state index in [-0.39, 0.29) is 0 Å². The molecule has 0 spiro atoms. The zero-order valence-corrected chi connectivity index (χ0v) is 12.8. The Kier molecular flexibility index (Phi) is 3.51. The second-order valence-electron chi connectivity index (χ2n) is 6.02. The van der Waals surface area contributed by atoms with Crippen LogP contribution in [0.1, 0.15) is 42.0 Å². The zero-order valence-electron chi connectivity index (χ0n) is 12.8. The molecule has 4 rings (SSSR count). The van der Waals surface area contributed by atoms with E-state index in [2.05, 4.69) is 43.3 Å². The van der Waals surface area contributed by atoms with Crippen LogP contribution in [0.2, 0.25) is 0 Å². The second-order valence-corrected chi connectivity index (χ2v) is 6.02. The Morgan fingerprint density at radius 1 is 1.00 bits per heavy atom. The van der Waals surface area contributed by atoms with Gasteiger partial charge < -0.3 is 14.8 Å². The molecule has 2 atom stereocenters. The van der Waals surface area contributed by atoms with E-state index < -0.39 is 0 Å². The monoisotopic (exact) mass is 294 g/mol. The molecular weight excluding hydrogens is 274 g/mol.